The molecule has 0 spiro atoms. The van der Waals surface area contributed by atoms with Crippen LogP contribution in [-0.2, 0) is 20.5 Å². The molecule has 0 saturated heterocycles. The predicted octanol–water partition coefficient (Wildman–Crippen LogP) is 8.59. The Balaban J connectivity index is 1.40. The molecule has 3 N–H and O–H groups in total. The number of benzene rings is 3. The molecule has 0 aliphatic carbocycles. The number of fused-ring (bicyclic) bond motifs is 4. The lowest BCUT2D eigenvalue weighted by Crippen LogP contribution is -2.43. The Hall–Kier alpha value is -4.93. The molecule has 7 rings (SSSR count). The van der Waals surface area contributed by atoms with Gasteiger partial charge < -0.3 is 29.6 Å². The third-order valence-corrected chi connectivity index (χ3v) is 11.1. The van der Waals surface area contributed by atoms with Crippen LogP contribution in [0.15, 0.2) is 42.6 Å². The molecule has 0 unspecified atom stereocenters. The number of nitrogens with two attached hydrogens (primary N) is 1. The Labute approximate surface area is 305 Å². The van der Waals surface area contributed by atoms with Crippen molar-refractivity contribution in [2.45, 2.75) is 53.5 Å². The highest BCUT2D eigenvalue weighted by Crippen LogP contribution is 2.46. The first-order chi connectivity index (χ1) is 24.2. The van der Waals surface area contributed by atoms with Crippen molar-refractivity contribution in [2.75, 3.05) is 23.8 Å². The zero-order valence-electron chi connectivity index (χ0n) is 29.7. The van der Waals surface area contributed by atoms with Crippen molar-refractivity contribution in [1.82, 2.24) is 18.9 Å². The monoisotopic (exact) mass is 726 g/mol. The number of nitrogen functional groups attached to an aromatic ring is 1. The number of hydrogen-bond acceptors (Lipinski definition) is 5. The van der Waals surface area contributed by atoms with E-state index in [9.17, 15) is 9.90 Å². The van der Waals surface area contributed by atoms with Crippen LogP contribution in [-0.4, -0.2) is 49.0 Å². The number of nitrogens with zero attached hydrogens (tertiary/aromatic N) is 5. The highest BCUT2D eigenvalue weighted by molar-refractivity contribution is 6.35. The second-order valence-electron chi connectivity index (χ2n) is 13.7. The molecule has 6 aromatic rings. The van der Waals surface area contributed by atoms with Gasteiger partial charge in [-0.3, -0.25) is 9.48 Å². The maximum absolute atomic E-state index is 15.0. The quantitative estimate of drug-likeness (QED) is 0.120. The molecule has 0 bridgehead atoms. The van der Waals surface area contributed by atoms with Gasteiger partial charge in [-0.05, 0) is 94.5 Å². The van der Waals surface area contributed by atoms with Crippen molar-refractivity contribution in [3.05, 3.63) is 92.0 Å². The van der Waals surface area contributed by atoms with Crippen molar-refractivity contribution >= 4 is 68.3 Å². The minimum Gasteiger partial charge on any atom is -0.494 e. The van der Waals surface area contributed by atoms with Crippen LogP contribution in [0.25, 0.3) is 32.9 Å². The number of carboxylic acids is 1. The first-order valence-corrected chi connectivity index (χ1v) is 17.6. The normalized spacial score (nSPS) is 14.6. The molecule has 3 aromatic carbocycles. The summed E-state index contributed by atoms with van der Waals surface area (Å²) in [5.41, 5.74) is 15.9. The van der Waals surface area contributed by atoms with Crippen LogP contribution in [0.5, 0.6) is 5.75 Å². The van der Waals surface area contributed by atoms with Crippen LogP contribution in [0, 0.1) is 27.7 Å². The lowest BCUT2D eigenvalue weighted by Gasteiger charge is -2.35. The molecule has 3 aromatic heterocycles. The van der Waals surface area contributed by atoms with Crippen LogP contribution in [0.1, 0.15) is 68.3 Å². The van der Waals surface area contributed by atoms with Gasteiger partial charge in [0.2, 0.25) is 0 Å². The van der Waals surface area contributed by atoms with E-state index < -0.39 is 5.97 Å². The molecule has 1 atom stereocenters. The third-order valence-electron chi connectivity index (χ3n) is 10.2. The number of anilines is 2. The summed E-state index contributed by atoms with van der Waals surface area (Å²) in [6, 6.07) is 11.0. The zero-order chi connectivity index (χ0) is 36.6. The Bertz CT molecular complexity index is 2410. The standard InChI is InChI=1S/C39H40Cl2N6O4/c1-19-13-25(14-20(2)34(19)41)51-12-8-9-26-27-10-11-30(40)33(32-22(4)43-45(7)23(32)5)36(27)47-21(3)17-46(38(48)37(26)47)31-16-24(42)15-28-29(39(49)50)18-44(6)35(28)31/h10-11,13-16,18,21H,8-9,12,17,42H2,1-7H3,(H,49,50)/t21-/m1/s1. The van der Waals surface area contributed by atoms with Crippen LogP contribution < -0.4 is 15.4 Å². The van der Waals surface area contributed by atoms with E-state index >= 15 is 4.79 Å². The number of amides is 1. The SMILES string of the molecule is Cc1cc(OCCCc2c3n(c4c(-c5c(C)nn(C)c5C)c(Cl)ccc24)[C@H](C)CN(c2cc(N)cc4c(C(=O)O)cn(C)c24)C3=O)cc(C)c1Cl. The predicted molar refractivity (Wildman–Crippen MR) is 204 cm³/mol. The van der Waals surface area contributed by atoms with Gasteiger partial charge in [0.1, 0.15) is 11.4 Å². The Kier molecular flexibility index (Phi) is 8.58. The van der Waals surface area contributed by atoms with E-state index in [-0.39, 0.29) is 17.5 Å². The average Bonchev–Trinajstić information content (AvgIpc) is 3.67. The number of ether oxygens (including phenoxy) is 1. The van der Waals surface area contributed by atoms with E-state index in [1.807, 2.05) is 63.7 Å². The van der Waals surface area contributed by atoms with Crippen molar-refractivity contribution in [3.63, 3.8) is 0 Å². The number of halogens is 2. The van der Waals surface area contributed by atoms with Crippen LogP contribution in [0.3, 0.4) is 0 Å². The van der Waals surface area contributed by atoms with Gasteiger partial charge in [-0.15, -0.1) is 0 Å². The number of carbonyl (C=O) groups excluding carboxylic acids is 1. The van der Waals surface area contributed by atoms with Crippen molar-refractivity contribution in [2.24, 2.45) is 14.1 Å². The molecular weight excluding hydrogens is 687 g/mol. The summed E-state index contributed by atoms with van der Waals surface area (Å²) in [6.45, 7) is 10.8. The van der Waals surface area contributed by atoms with E-state index in [0.717, 1.165) is 60.9 Å². The van der Waals surface area contributed by atoms with Crippen LogP contribution >= 0.6 is 23.2 Å². The summed E-state index contributed by atoms with van der Waals surface area (Å²) in [6.07, 6.45) is 2.76. The molecular formula is C39H40Cl2N6O4. The summed E-state index contributed by atoms with van der Waals surface area (Å²) in [7, 11) is 3.70. The van der Waals surface area contributed by atoms with Gasteiger partial charge in [0, 0.05) is 71.2 Å². The van der Waals surface area contributed by atoms with Gasteiger partial charge in [-0.2, -0.15) is 5.10 Å². The van der Waals surface area contributed by atoms with Crippen molar-refractivity contribution < 1.29 is 19.4 Å². The maximum atomic E-state index is 15.0. The number of aromatic carboxylic acids is 1. The second kappa shape index (κ2) is 12.7. The zero-order valence-corrected chi connectivity index (χ0v) is 31.2. The van der Waals surface area contributed by atoms with Crippen LogP contribution in [0.2, 0.25) is 10.0 Å². The molecule has 0 radical (unpaired) electrons. The molecule has 0 saturated carbocycles. The summed E-state index contributed by atoms with van der Waals surface area (Å²) in [5.74, 6) is -0.509. The van der Waals surface area contributed by atoms with E-state index in [4.69, 9.17) is 38.8 Å². The molecule has 10 nitrogen and oxygen atoms in total. The van der Waals surface area contributed by atoms with Gasteiger partial charge in [-0.25, -0.2) is 4.79 Å². The number of rotatable bonds is 8. The second-order valence-corrected chi connectivity index (χ2v) is 14.5. The largest absolute Gasteiger partial charge is 0.494 e. The molecule has 1 amide bonds. The average molecular weight is 728 g/mol. The number of hydrogen-bond donors (Lipinski definition) is 2. The summed E-state index contributed by atoms with van der Waals surface area (Å²) in [5, 5.41) is 17.4. The van der Waals surface area contributed by atoms with Gasteiger partial charge in [0.25, 0.3) is 5.91 Å². The Morgan fingerprint density at radius 1 is 1.02 bits per heavy atom. The minimum absolute atomic E-state index is 0.126. The Morgan fingerprint density at radius 2 is 1.73 bits per heavy atom. The first-order valence-electron chi connectivity index (χ1n) is 16.9. The van der Waals surface area contributed by atoms with Gasteiger partial charge in [-0.1, -0.05) is 29.3 Å². The van der Waals surface area contributed by atoms with E-state index in [0.29, 0.717) is 59.0 Å². The third kappa shape index (κ3) is 5.52. The summed E-state index contributed by atoms with van der Waals surface area (Å²) in [4.78, 5) is 28.9. The lowest BCUT2D eigenvalue weighted by molar-refractivity contribution is 0.0698. The highest BCUT2D eigenvalue weighted by Gasteiger charge is 2.38. The number of carbonyl (C=O) groups is 2. The first kappa shape index (κ1) is 34.5. The van der Waals surface area contributed by atoms with E-state index in [2.05, 4.69) is 11.5 Å². The molecule has 4 heterocycles. The molecule has 0 fully saturated rings. The highest BCUT2D eigenvalue weighted by atomic mass is 35.5. The van der Waals surface area contributed by atoms with E-state index in [1.165, 1.54) is 0 Å². The molecule has 1 aliphatic heterocycles. The van der Waals surface area contributed by atoms with Crippen molar-refractivity contribution in [1.29, 1.82) is 0 Å². The lowest BCUT2D eigenvalue weighted by atomic mass is 9.98. The molecule has 264 valence electrons. The van der Waals surface area contributed by atoms with Crippen molar-refractivity contribution in [3.8, 4) is 16.9 Å². The minimum atomic E-state index is -1.06. The fourth-order valence-corrected chi connectivity index (χ4v) is 8.21. The van der Waals surface area contributed by atoms with Crippen LogP contribution in [0.4, 0.5) is 11.4 Å². The smallest absolute Gasteiger partial charge is 0.337 e. The van der Waals surface area contributed by atoms with E-state index in [1.54, 1.807) is 34.8 Å². The number of aromatic nitrogens is 4. The summed E-state index contributed by atoms with van der Waals surface area (Å²) >= 11 is 13.5. The Morgan fingerprint density at radius 3 is 2.37 bits per heavy atom. The van der Waals surface area contributed by atoms with Gasteiger partial charge in [0.15, 0.2) is 0 Å². The maximum Gasteiger partial charge on any atom is 0.337 e. The van der Waals surface area contributed by atoms with Gasteiger partial charge >= 0.3 is 5.97 Å². The molecule has 51 heavy (non-hydrogen) atoms. The molecule has 12 heteroatoms. The molecule has 1 aliphatic rings. The fraction of sp³-hybridized carbons (Fsp3) is 0.308. The topological polar surface area (TPSA) is 121 Å². The number of carboxylic acid groups (broad SMARTS) is 1. The fourth-order valence-electron chi connectivity index (χ4n) is 7.86. The summed E-state index contributed by atoms with van der Waals surface area (Å²) < 4.78 is 11.9. The van der Waals surface area contributed by atoms with Gasteiger partial charge in [0.05, 0.1) is 39.6 Å². The number of aryl methyl sites for hydroxylation is 6.